The van der Waals surface area contributed by atoms with E-state index in [1.165, 1.54) is 10.9 Å². The van der Waals surface area contributed by atoms with Crippen LogP contribution < -0.4 is 10.0 Å². The number of methoxy groups -OCH3 is 1. The van der Waals surface area contributed by atoms with Crippen molar-refractivity contribution in [3.05, 3.63) is 23.8 Å². The Hall–Kier alpha value is -0.550. The Kier molecular flexibility index (Phi) is 3.55. The Morgan fingerprint density at radius 3 is 2.75 bits per heavy atom. The quantitative estimate of drug-likeness (QED) is 0.651. The summed E-state index contributed by atoms with van der Waals surface area (Å²) in [6, 6.07) is 6.28. The fourth-order valence-electron chi connectivity index (χ4n) is 1.24. The SMILES string of the molecule is CCCc1ccc(P)cc1OC. The van der Waals surface area contributed by atoms with Gasteiger partial charge in [-0.15, -0.1) is 9.24 Å². The van der Waals surface area contributed by atoms with Crippen LogP contribution in [0.15, 0.2) is 18.2 Å². The molecule has 0 N–H and O–H groups in total. The molecule has 0 saturated heterocycles. The molecule has 1 nitrogen and oxygen atoms in total. The van der Waals surface area contributed by atoms with Gasteiger partial charge in [0.2, 0.25) is 0 Å². The summed E-state index contributed by atoms with van der Waals surface area (Å²) in [4.78, 5) is 0. The molecule has 0 radical (unpaired) electrons. The first-order valence-corrected chi connectivity index (χ1v) is 4.78. The zero-order valence-electron chi connectivity index (χ0n) is 7.63. The minimum absolute atomic E-state index is 1.00. The minimum atomic E-state index is 1.00. The van der Waals surface area contributed by atoms with Crippen LogP contribution in [0.2, 0.25) is 0 Å². The molecule has 0 heterocycles. The van der Waals surface area contributed by atoms with E-state index >= 15 is 0 Å². The molecule has 2 heteroatoms. The van der Waals surface area contributed by atoms with Gasteiger partial charge in [-0.05, 0) is 23.4 Å². The summed E-state index contributed by atoms with van der Waals surface area (Å²) in [7, 11) is 4.39. The molecule has 0 aliphatic carbocycles. The zero-order valence-corrected chi connectivity index (χ0v) is 8.79. The molecular formula is C10H15OP. The number of ether oxygens (including phenoxy) is 1. The van der Waals surface area contributed by atoms with Gasteiger partial charge in [-0.25, -0.2) is 0 Å². The van der Waals surface area contributed by atoms with E-state index in [4.69, 9.17) is 4.74 Å². The van der Waals surface area contributed by atoms with Gasteiger partial charge in [0.1, 0.15) is 5.75 Å². The predicted octanol–water partition coefficient (Wildman–Crippen LogP) is 2.15. The third kappa shape index (κ3) is 2.22. The van der Waals surface area contributed by atoms with Crippen molar-refractivity contribution in [2.75, 3.05) is 7.11 Å². The maximum atomic E-state index is 5.27. The summed E-state index contributed by atoms with van der Waals surface area (Å²) in [5, 5.41) is 1.17. The molecule has 1 atom stereocenters. The van der Waals surface area contributed by atoms with Crippen molar-refractivity contribution >= 4 is 14.5 Å². The lowest BCUT2D eigenvalue weighted by molar-refractivity contribution is 0.410. The number of hydrogen-bond acceptors (Lipinski definition) is 1. The normalized spacial score (nSPS) is 9.92. The highest BCUT2D eigenvalue weighted by Crippen LogP contribution is 2.18. The van der Waals surface area contributed by atoms with Crippen LogP contribution >= 0.6 is 9.24 Å². The number of hydrogen-bond donors (Lipinski definition) is 0. The standard InChI is InChI=1S/C10H15OP/c1-3-4-8-5-6-9(12)7-10(8)11-2/h5-7H,3-4,12H2,1-2H3. The lowest BCUT2D eigenvalue weighted by atomic mass is 10.1. The smallest absolute Gasteiger partial charge is 0.122 e. The molecule has 1 rings (SSSR count). The van der Waals surface area contributed by atoms with E-state index in [1.807, 2.05) is 0 Å². The molecule has 66 valence electrons. The fraction of sp³-hybridized carbons (Fsp3) is 0.400. The first kappa shape index (κ1) is 9.54. The summed E-state index contributed by atoms with van der Waals surface area (Å²) in [6.07, 6.45) is 2.25. The maximum Gasteiger partial charge on any atom is 0.122 e. The third-order valence-corrected chi connectivity index (χ3v) is 2.19. The van der Waals surface area contributed by atoms with Crippen LogP contribution in [0.4, 0.5) is 0 Å². The van der Waals surface area contributed by atoms with E-state index in [2.05, 4.69) is 34.4 Å². The van der Waals surface area contributed by atoms with Crippen molar-refractivity contribution in [3.8, 4) is 5.75 Å². The van der Waals surface area contributed by atoms with Crippen molar-refractivity contribution in [1.82, 2.24) is 0 Å². The molecule has 0 aromatic heterocycles. The van der Waals surface area contributed by atoms with Crippen LogP contribution in [0.1, 0.15) is 18.9 Å². The van der Waals surface area contributed by atoms with E-state index in [0.29, 0.717) is 0 Å². The second-order valence-electron chi connectivity index (χ2n) is 2.82. The average molecular weight is 182 g/mol. The Morgan fingerprint density at radius 1 is 1.42 bits per heavy atom. The van der Waals surface area contributed by atoms with Crippen molar-refractivity contribution in [3.63, 3.8) is 0 Å². The molecule has 1 unspecified atom stereocenters. The van der Waals surface area contributed by atoms with Gasteiger partial charge in [0.05, 0.1) is 7.11 Å². The van der Waals surface area contributed by atoms with E-state index in [-0.39, 0.29) is 0 Å². The minimum Gasteiger partial charge on any atom is -0.496 e. The van der Waals surface area contributed by atoms with Gasteiger partial charge in [0, 0.05) is 0 Å². The topological polar surface area (TPSA) is 9.23 Å². The van der Waals surface area contributed by atoms with Crippen molar-refractivity contribution in [2.45, 2.75) is 19.8 Å². The van der Waals surface area contributed by atoms with Crippen molar-refractivity contribution < 1.29 is 4.74 Å². The van der Waals surface area contributed by atoms with E-state index in [1.54, 1.807) is 7.11 Å². The number of rotatable bonds is 3. The van der Waals surface area contributed by atoms with Crippen molar-refractivity contribution in [1.29, 1.82) is 0 Å². The largest absolute Gasteiger partial charge is 0.496 e. The summed E-state index contributed by atoms with van der Waals surface area (Å²) in [6.45, 7) is 2.17. The van der Waals surface area contributed by atoms with Gasteiger partial charge in [-0.3, -0.25) is 0 Å². The highest BCUT2D eigenvalue weighted by molar-refractivity contribution is 7.27. The van der Waals surface area contributed by atoms with E-state index in [9.17, 15) is 0 Å². The highest BCUT2D eigenvalue weighted by Gasteiger charge is 2.00. The molecule has 0 aliphatic heterocycles. The molecule has 1 aromatic rings. The maximum absolute atomic E-state index is 5.27. The summed E-state index contributed by atoms with van der Waals surface area (Å²) in [5.41, 5.74) is 1.30. The Labute approximate surface area is 76.3 Å². The Morgan fingerprint density at radius 2 is 2.17 bits per heavy atom. The first-order chi connectivity index (χ1) is 5.77. The molecule has 0 aliphatic rings. The number of benzene rings is 1. The van der Waals surface area contributed by atoms with Crippen LogP contribution in [-0.4, -0.2) is 7.11 Å². The second-order valence-corrected chi connectivity index (χ2v) is 3.49. The van der Waals surface area contributed by atoms with Gasteiger partial charge in [-0.1, -0.05) is 25.5 Å². The fourth-order valence-corrected chi connectivity index (χ4v) is 1.48. The zero-order chi connectivity index (χ0) is 8.97. The predicted molar refractivity (Wildman–Crippen MR) is 56.3 cm³/mol. The highest BCUT2D eigenvalue weighted by atomic mass is 31.0. The molecule has 0 bridgehead atoms. The summed E-state index contributed by atoms with van der Waals surface area (Å²) >= 11 is 0. The van der Waals surface area contributed by atoms with Gasteiger partial charge >= 0.3 is 0 Å². The monoisotopic (exact) mass is 182 g/mol. The first-order valence-electron chi connectivity index (χ1n) is 4.20. The van der Waals surface area contributed by atoms with Gasteiger partial charge in [0.25, 0.3) is 0 Å². The van der Waals surface area contributed by atoms with Crippen LogP contribution in [-0.2, 0) is 6.42 Å². The molecule has 0 saturated carbocycles. The van der Waals surface area contributed by atoms with Crippen LogP contribution in [0.3, 0.4) is 0 Å². The molecule has 0 fully saturated rings. The third-order valence-electron chi connectivity index (χ3n) is 1.83. The summed E-state index contributed by atoms with van der Waals surface area (Å²) < 4.78 is 5.27. The average Bonchev–Trinajstić information content (AvgIpc) is 2.08. The van der Waals surface area contributed by atoms with Crippen LogP contribution in [0, 0.1) is 0 Å². The van der Waals surface area contributed by atoms with Crippen LogP contribution in [0.25, 0.3) is 0 Å². The molecule has 1 aromatic carbocycles. The van der Waals surface area contributed by atoms with Crippen molar-refractivity contribution in [2.24, 2.45) is 0 Å². The Balaban J connectivity index is 2.94. The molecule has 12 heavy (non-hydrogen) atoms. The lowest BCUT2D eigenvalue weighted by Crippen LogP contribution is -1.97. The lowest BCUT2D eigenvalue weighted by Gasteiger charge is -2.07. The molecule has 0 spiro atoms. The Bertz CT molecular complexity index is 258. The molecular weight excluding hydrogens is 167 g/mol. The molecule has 0 amide bonds. The van der Waals surface area contributed by atoms with E-state index in [0.717, 1.165) is 18.6 Å². The van der Waals surface area contributed by atoms with Gasteiger partial charge < -0.3 is 4.74 Å². The van der Waals surface area contributed by atoms with Crippen LogP contribution in [0.5, 0.6) is 5.75 Å². The van der Waals surface area contributed by atoms with E-state index < -0.39 is 0 Å². The van der Waals surface area contributed by atoms with Gasteiger partial charge in [0.15, 0.2) is 0 Å². The number of aryl methyl sites for hydroxylation is 1. The second kappa shape index (κ2) is 4.47. The summed E-state index contributed by atoms with van der Waals surface area (Å²) in [5.74, 6) is 1.00. The van der Waals surface area contributed by atoms with Gasteiger partial charge in [-0.2, -0.15) is 0 Å².